The Bertz CT molecular complexity index is 337. The smallest absolute Gasteiger partial charge is 0.242 e. The van der Waals surface area contributed by atoms with Crippen LogP contribution in [0.3, 0.4) is 0 Å². The van der Waals surface area contributed by atoms with Crippen LogP contribution in [0.25, 0.3) is 0 Å². The van der Waals surface area contributed by atoms with Gasteiger partial charge in [-0.1, -0.05) is 0 Å². The molecule has 0 spiro atoms. The third-order valence-corrected chi connectivity index (χ3v) is 3.84. The Kier molecular flexibility index (Phi) is 1.29. The minimum atomic E-state index is -3.07. The van der Waals surface area contributed by atoms with Crippen LogP contribution in [-0.2, 0) is 10.0 Å². The maximum atomic E-state index is 11.4. The number of rotatable bonds is 2. The predicted octanol–water partition coefficient (Wildman–Crippen LogP) is 0.223. The Hall–Kier alpha value is -0.840. The van der Waals surface area contributed by atoms with E-state index < -0.39 is 10.0 Å². The Morgan fingerprint density at radius 2 is 2.18 bits per heavy atom. The van der Waals surface area contributed by atoms with Crippen LogP contribution in [0.1, 0.15) is 12.8 Å². The number of nitrogens with zero attached hydrogens (tertiary/aromatic N) is 2. The molecule has 1 aliphatic rings. The molecule has 1 saturated carbocycles. The summed E-state index contributed by atoms with van der Waals surface area (Å²) in [7, 11) is -3.07. The summed E-state index contributed by atoms with van der Waals surface area (Å²) in [4.78, 5) is 3.68. The summed E-state index contributed by atoms with van der Waals surface area (Å²) in [5.41, 5.74) is 0. The molecule has 0 N–H and O–H groups in total. The van der Waals surface area contributed by atoms with E-state index in [9.17, 15) is 8.42 Å². The van der Waals surface area contributed by atoms with E-state index in [2.05, 4.69) is 4.98 Å². The lowest BCUT2D eigenvalue weighted by molar-refractivity contribution is 0.586. The average Bonchev–Trinajstić information content (AvgIpc) is 2.66. The fraction of sp³-hybridized carbons (Fsp3) is 0.500. The molecule has 0 aromatic carbocycles. The van der Waals surface area contributed by atoms with Gasteiger partial charge >= 0.3 is 0 Å². The van der Waals surface area contributed by atoms with Gasteiger partial charge in [0.25, 0.3) is 0 Å². The highest BCUT2D eigenvalue weighted by atomic mass is 32.2. The summed E-state index contributed by atoms with van der Waals surface area (Å²) in [5.74, 6) is 0. The maximum absolute atomic E-state index is 11.4. The van der Waals surface area contributed by atoms with Crippen LogP contribution in [0, 0.1) is 0 Å². The van der Waals surface area contributed by atoms with E-state index in [1.54, 1.807) is 0 Å². The molecule has 1 aromatic heterocycles. The van der Waals surface area contributed by atoms with Gasteiger partial charge in [0.1, 0.15) is 6.33 Å². The van der Waals surface area contributed by atoms with Crippen LogP contribution in [0.4, 0.5) is 0 Å². The van der Waals surface area contributed by atoms with Gasteiger partial charge in [-0.15, -0.1) is 0 Å². The molecule has 0 radical (unpaired) electrons. The molecule has 0 atom stereocenters. The van der Waals surface area contributed by atoms with Crippen LogP contribution in [0.5, 0.6) is 0 Å². The second kappa shape index (κ2) is 2.07. The Labute approximate surface area is 64.9 Å². The highest BCUT2D eigenvalue weighted by Gasteiger charge is 2.36. The first-order chi connectivity index (χ1) is 5.21. The summed E-state index contributed by atoms with van der Waals surface area (Å²) in [6.07, 6.45) is 5.85. The summed E-state index contributed by atoms with van der Waals surface area (Å²) in [5, 5.41) is -0.156. The molecule has 5 heteroatoms. The lowest BCUT2D eigenvalue weighted by Gasteiger charge is -2.00. The van der Waals surface area contributed by atoms with Crippen molar-refractivity contribution < 1.29 is 8.42 Å². The van der Waals surface area contributed by atoms with Crippen molar-refractivity contribution in [2.24, 2.45) is 0 Å². The molecule has 0 unspecified atom stereocenters. The van der Waals surface area contributed by atoms with E-state index in [1.807, 2.05) is 0 Å². The number of hydrogen-bond acceptors (Lipinski definition) is 3. The molecular formula is C6H8N2O2S. The van der Waals surface area contributed by atoms with Crippen molar-refractivity contribution in [2.75, 3.05) is 0 Å². The minimum Gasteiger partial charge on any atom is -0.244 e. The third kappa shape index (κ3) is 1.05. The first-order valence-electron chi connectivity index (χ1n) is 3.43. The Balaban J connectivity index is 2.42. The fourth-order valence-electron chi connectivity index (χ4n) is 0.935. The molecule has 1 aromatic rings. The van der Waals surface area contributed by atoms with Gasteiger partial charge in [0.15, 0.2) is 0 Å². The summed E-state index contributed by atoms with van der Waals surface area (Å²) in [6, 6.07) is 0. The molecule has 1 heterocycles. The SMILES string of the molecule is O=S(=O)(C1CC1)n1ccnc1. The van der Waals surface area contributed by atoms with Crippen molar-refractivity contribution in [1.29, 1.82) is 0 Å². The topological polar surface area (TPSA) is 52.0 Å². The molecule has 1 fully saturated rings. The molecule has 0 bridgehead atoms. The minimum absolute atomic E-state index is 0.156. The first kappa shape index (κ1) is 6.84. The van der Waals surface area contributed by atoms with E-state index in [-0.39, 0.29) is 5.25 Å². The van der Waals surface area contributed by atoms with Gasteiger partial charge in [0, 0.05) is 12.4 Å². The van der Waals surface area contributed by atoms with Crippen LogP contribution >= 0.6 is 0 Å². The molecule has 0 saturated heterocycles. The van der Waals surface area contributed by atoms with E-state index in [4.69, 9.17) is 0 Å². The normalized spacial score (nSPS) is 18.5. The molecule has 60 valence electrons. The summed E-state index contributed by atoms with van der Waals surface area (Å²) < 4.78 is 23.9. The summed E-state index contributed by atoms with van der Waals surface area (Å²) >= 11 is 0. The predicted molar refractivity (Wildman–Crippen MR) is 39.6 cm³/mol. The molecule has 1 aliphatic carbocycles. The van der Waals surface area contributed by atoms with Crippen LogP contribution in [0.2, 0.25) is 0 Å². The van der Waals surface area contributed by atoms with E-state index in [0.717, 1.165) is 12.8 Å². The van der Waals surface area contributed by atoms with Crippen molar-refractivity contribution in [2.45, 2.75) is 18.1 Å². The van der Waals surface area contributed by atoms with Gasteiger partial charge in [-0.05, 0) is 12.8 Å². The largest absolute Gasteiger partial charge is 0.244 e. The van der Waals surface area contributed by atoms with E-state index >= 15 is 0 Å². The van der Waals surface area contributed by atoms with Gasteiger partial charge in [0.05, 0.1) is 5.25 Å². The van der Waals surface area contributed by atoms with E-state index in [1.165, 1.54) is 22.7 Å². The van der Waals surface area contributed by atoms with Gasteiger partial charge in [0.2, 0.25) is 10.0 Å². The first-order valence-corrected chi connectivity index (χ1v) is 4.94. The van der Waals surface area contributed by atoms with Crippen molar-refractivity contribution in [1.82, 2.24) is 8.96 Å². The number of hydrogen-bond donors (Lipinski definition) is 0. The van der Waals surface area contributed by atoms with Gasteiger partial charge in [-0.3, -0.25) is 0 Å². The van der Waals surface area contributed by atoms with Crippen molar-refractivity contribution in [3.8, 4) is 0 Å². The van der Waals surface area contributed by atoms with Gasteiger partial charge in [-0.2, -0.15) is 0 Å². The number of aromatic nitrogens is 2. The standard InChI is InChI=1S/C6H8N2O2S/c9-11(10,6-1-2-6)8-4-3-7-5-8/h3-6H,1-2H2. The second-order valence-corrected chi connectivity index (χ2v) is 4.76. The highest BCUT2D eigenvalue weighted by molar-refractivity contribution is 7.90. The van der Waals surface area contributed by atoms with Crippen molar-refractivity contribution in [3.05, 3.63) is 18.7 Å². The second-order valence-electron chi connectivity index (χ2n) is 2.64. The van der Waals surface area contributed by atoms with Gasteiger partial charge < -0.3 is 0 Å². The molecule has 11 heavy (non-hydrogen) atoms. The average molecular weight is 172 g/mol. The van der Waals surface area contributed by atoms with Crippen LogP contribution < -0.4 is 0 Å². The molecular weight excluding hydrogens is 164 g/mol. The third-order valence-electron chi connectivity index (χ3n) is 1.72. The lowest BCUT2D eigenvalue weighted by Crippen LogP contribution is -2.15. The monoisotopic (exact) mass is 172 g/mol. The molecule has 2 rings (SSSR count). The zero-order valence-electron chi connectivity index (χ0n) is 5.84. The quantitative estimate of drug-likeness (QED) is 0.641. The maximum Gasteiger partial charge on any atom is 0.242 e. The highest BCUT2D eigenvalue weighted by Crippen LogP contribution is 2.29. The Morgan fingerprint density at radius 1 is 1.45 bits per heavy atom. The zero-order valence-corrected chi connectivity index (χ0v) is 6.66. The van der Waals surface area contributed by atoms with Crippen molar-refractivity contribution >= 4 is 10.0 Å². The van der Waals surface area contributed by atoms with Crippen LogP contribution in [-0.4, -0.2) is 22.6 Å². The number of imidazole rings is 1. The van der Waals surface area contributed by atoms with E-state index in [0.29, 0.717) is 0 Å². The van der Waals surface area contributed by atoms with Crippen LogP contribution in [0.15, 0.2) is 18.7 Å². The lowest BCUT2D eigenvalue weighted by atomic mass is 11.0. The summed E-state index contributed by atoms with van der Waals surface area (Å²) in [6.45, 7) is 0. The van der Waals surface area contributed by atoms with Gasteiger partial charge in [-0.25, -0.2) is 17.4 Å². The Morgan fingerprint density at radius 3 is 2.64 bits per heavy atom. The molecule has 0 aliphatic heterocycles. The molecule has 4 nitrogen and oxygen atoms in total. The van der Waals surface area contributed by atoms with Crippen molar-refractivity contribution in [3.63, 3.8) is 0 Å². The zero-order chi connectivity index (χ0) is 7.90. The fourth-order valence-corrected chi connectivity index (χ4v) is 2.42. The molecule has 0 amide bonds.